The number of amides is 1. The van der Waals surface area contributed by atoms with E-state index in [1.807, 2.05) is 51.1 Å². The number of nitrogens with one attached hydrogen (secondary N) is 1. The van der Waals surface area contributed by atoms with Crippen molar-refractivity contribution in [3.63, 3.8) is 0 Å². The summed E-state index contributed by atoms with van der Waals surface area (Å²) in [6.07, 6.45) is 1.71. The van der Waals surface area contributed by atoms with Gasteiger partial charge in [0.15, 0.2) is 5.13 Å². The molecule has 0 aliphatic carbocycles. The van der Waals surface area contributed by atoms with Gasteiger partial charge in [-0.15, -0.1) is 0 Å². The largest absolute Gasteiger partial charge is 0.310 e. The fraction of sp³-hybridized carbons (Fsp3) is 0.174. The van der Waals surface area contributed by atoms with Crippen molar-refractivity contribution in [2.45, 2.75) is 27.3 Å². The SMILES string of the molecule is Cc1ccc(C)c(Cn2cccc(C(=O)Nc3nc4ccc(C)cc4s3)c2=O)c1. The third-order valence-corrected chi connectivity index (χ3v) is 5.81. The highest BCUT2D eigenvalue weighted by molar-refractivity contribution is 7.22. The Hall–Kier alpha value is -3.25. The molecule has 1 amide bonds. The molecule has 4 rings (SSSR count). The highest BCUT2D eigenvalue weighted by Gasteiger charge is 2.15. The molecule has 5 nitrogen and oxygen atoms in total. The van der Waals surface area contributed by atoms with Crippen molar-refractivity contribution in [1.29, 1.82) is 0 Å². The van der Waals surface area contributed by atoms with E-state index < -0.39 is 5.91 Å². The number of hydrogen-bond acceptors (Lipinski definition) is 4. The van der Waals surface area contributed by atoms with Crippen molar-refractivity contribution in [3.05, 3.63) is 92.9 Å². The molecule has 0 aliphatic rings. The van der Waals surface area contributed by atoms with Crippen molar-refractivity contribution in [1.82, 2.24) is 9.55 Å². The summed E-state index contributed by atoms with van der Waals surface area (Å²) in [6.45, 7) is 6.48. The van der Waals surface area contributed by atoms with Crippen molar-refractivity contribution < 1.29 is 4.79 Å². The molecule has 2 aromatic heterocycles. The van der Waals surface area contributed by atoms with Crippen molar-refractivity contribution in [3.8, 4) is 0 Å². The van der Waals surface area contributed by atoms with Gasteiger partial charge in [-0.05, 0) is 61.7 Å². The number of aromatic nitrogens is 2. The number of rotatable bonds is 4. The second kappa shape index (κ2) is 7.64. The van der Waals surface area contributed by atoms with Gasteiger partial charge in [0.25, 0.3) is 11.5 Å². The topological polar surface area (TPSA) is 64.0 Å². The number of aryl methyl sites for hydroxylation is 3. The minimum atomic E-state index is -0.443. The molecule has 2 aromatic carbocycles. The second-order valence-corrected chi connectivity index (χ2v) is 8.26. The molecule has 0 spiro atoms. The Kier molecular flexibility index (Phi) is 5.03. The Morgan fingerprint density at radius 1 is 1.07 bits per heavy atom. The van der Waals surface area contributed by atoms with E-state index in [4.69, 9.17) is 0 Å². The number of thiazole rings is 1. The summed E-state index contributed by atoms with van der Waals surface area (Å²) in [5.41, 5.74) is 5.07. The Balaban J connectivity index is 1.61. The average Bonchev–Trinajstić information content (AvgIpc) is 3.07. The molecule has 0 saturated carbocycles. The summed E-state index contributed by atoms with van der Waals surface area (Å²) in [6, 6.07) is 15.4. The second-order valence-electron chi connectivity index (χ2n) is 7.23. The molecule has 0 atom stereocenters. The molecular formula is C23H21N3O2S. The third kappa shape index (κ3) is 3.98. The van der Waals surface area contributed by atoms with Gasteiger partial charge in [0.1, 0.15) is 5.56 Å². The standard InChI is InChI=1S/C23H21N3O2S/c1-14-6-8-16(3)17(11-14)13-26-10-4-5-18(22(26)28)21(27)25-23-24-19-9-7-15(2)12-20(19)29-23/h4-12H,13H2,1-3H3,(H,24,25,27). The molecule has 1 N–H and O–H groups in total. The number of carbonyl (C=O) groups is 1. The van der Waals surface area contributed by atoms with E-state index in [0.29, 0.717) is 11.7 Å². The van der Waals surface area contributed by atoms with Crippen molar-refractivity contribution >= 4 is 32.6 Å². The first-order valence-electron chi connectivity index (χ1n) is 9.35. The molecule has 146 valence electrons. The maximum atomic E-state index is 12.9. The van der Waals surface area contributed by atoms with Crippen LogP contribution in [-0.4, -0.2) is 15.5 Å². The summed E-state index contributed by atoms with van der Waals surface area (Å²) >= 11 is 1.40. The van der Waals surface area contributed by atoms with Crippen LogP contribution in [0, 0.1) is 20.8 Å². The zero-order chi connectivity index (χ0) is 20.5. The molecule has 0 saturated heterocycles. The number of anilines is 1. The first kappa shape index (κ1) is 19.1. The Morgan fingerprint density at radius 2 is 1.83 bits per heavy atom. The summed E-state index contributed by atoms with van der Waals surface area (Å²) in [7, 11) is 0. The predicted octanol–water partition coefficient (Wildman–Crippen LogP) is 4.68. The molecular weight excluding hydrogens is 382 g/mol. The van der Waals surface area contributed by atoms with E-state index in [2.05, 4.69) is 16.4 Å². The van der Waals surface area contributed by atoms with E-state index in [1.54, 1.807) is 22.9 Å². The van der Waals surface area contributed by atoms with Gasteiger partial charge in [-0.25, -0.2) is 4.98 Å². The van der Waals surface area contributed by atoms with Crippen LogP contribution in [0.4, 0.5) is 5.13 Å². The van der Waals surface area contributed by atoms with Gasteiger partial charge >= 0.3 is 0 Å². The van der Waals surface area contributed by atoms with E-state index >= 15 is 0 Å². The minimum Gasteiger partial charge on any atom is -0.310 e. The van der Waals surface area contributed by atoms with E-state index in [9.17, 15) is 9.59 Å². The molecule has 0 aliphatic heterocycles. The first-order chi connectivity index (χ1) is 13.9. The number of hydrogen-bond donors (Lipinski definition) is 1. The zero-order valence-corrected chi connectivity index (χ0v) is 17.3. The van der Waals surface area contributed by atoms with E-state index in [1.165, 1.54) is 11.3 Å². The Morgan fingerprint density at radius 3 is 2.66 bits per heavy atom. The maximum absolute atomic E-state index is 12.9. The van der Waals surface area contributed by atoms with E-state index in [0.717, 1.165) is 32.5 Å². The highest BCUT2D eigenvalue weighted by atomic mass is 32.1. The lowest BCUT2D eigenvalue weighted by molar-refractivity contribution is 0.102. The molecule has 0 bridgehead atoms. The maximum Gasteiger partial charge on any atom is 0.263 e. The molecule has 0 unspecified atom stereocenters. The molecule has 0 fully saturated rings. The monoisotopic (exact) mass is 403 g/mol. The van der Waals surface area contributed by atoms with Crippen LogP contribution in [0.2, 0.25) is 0 Å². The molecule has 4 aromatic rings. The van der Waals surface area contributed by atoms with Crippen molar-refractivity contribution in [2.75, 3.05) is 5.32 Å². The lowest BCUT2D eigenvalue weighted by Crippen LogP contribution is -2.29. The average molecular weight is 404 g/mol. The molecule has 0 radical (unpaired) electrons. The lowest BCUT2D eigenvalue weighted by atomic mass is 10.1. The van der Waals surface area contributed by atoms with Gasteiger partial charge in [0, 0.05) is 6.20 Å². The summed E-state index contributed by atoms with van der Waals surface area (Å²) < 4.78 is 2.57. The van der Waals surface area contributed by atoms with Crippen LogP contribution in [0.3, 0.4) is 0 Å². The Labute approximate surface area is 172 Å². The quantitative estimate of drug-likeness (QED) is 0.538. The van der Waals surface area contributed by atoms with E-state index in [-0.39, 0.29) is 11.1 Å². The van der Waals surface area contributed by atoms with Crippen LogP contribution in [0.1, 0.15) is 32.6 Å². The number of nitrogens with zero attached hydrogens (tertiary/aromatic N) is 2. The van der Waals surface area contributed by atoms with Crippen LogP contribution in [0.15, 0.2) is 59.5 Å². The molecule has 2 heterocycles. The number of pyridine rings is 1. The van der Waals surface area contributed by atoms with Gasteiger partial charge in [0.2, 0.25) is 0 Å². The zero-order valence-electron chi connectivity index (χ0n) is 16.5. The van der Waals surface area contributed by atoms with Crippen LogP contribution in [0.25, 0.3) is 10.2 Å². The predicted molar refractivity (Wildman–Crippen MR) is 118 cm³/mol. The van der Waals surface area contributed by atoms with Gasteiger partial charge in [-0.3, -0.25) is 14.9 Å². The van der Waals surface area contributed by atoms with Gasteiger partial charge < -0.3 is 4.57 Å². The van der Waals surface area contributed by atoms with Crippen LogP contribution in [0.5, 0.6) is 0 Å². The van der Waals surface area contributed by atoms with Crippen LogP contribution >= 0.6 is 11.3 Å². The van der Waals surface area contributed by atoms with Crippen LogP contribution in [-0.2, 0) is 6.54 Å². The normalized spacial score (nSPS) is 11.0. The third-order valence-electron chi connectivity index (χ3n) is 4.87. The Bertz CT molecular complexity index is 1290. The minimum absolute atomic E-state index is 0.105. The molecule has 6 heteroatoms. The summed E-state index contributed by atoms with van der Waals surface area (Å²) in [5.74, 6) is -0.443. The van der Waals surface area contributed by atoms with Gasteiger partial charge in [0.05, 0.1) is 16.8 Å². The van der Waals surface area contributed by atoms with Crippen LogP contribution < -0.4 is 10.9 Å². The molecule has 29 heavy (non-hydrogen) atoms. The van der Waals surface area contributed by atoms with Gasteiger partial charge in [-0.1, -0.05) is 41.2 Å². The van der Waals surface area contributed by atoms with Gasteiger partial charge in [-0.2, -0.15) is 0 Å². The summed E-state index contributed by atoms with van der Waals surface area (Å²) in [4.78, 5) is 30.1. The summed E-state index contributed by atoms with van der Waals surface area (Å²) in [5, 5.41) is 3.26. The fourth-order valence-electron chi connectivity index (χ4n) is 3.24. The highest BCUT2D eigenvalue weighted by Crippen LogP contribution is 2.26. The lowest BCUT2D eigenvalue weighted by Gasteiger charge is -2.11. The number of benzene rings is 2. The van der Waals surface area contributed by atoms with Crippen molar-refractivity contribution in [2.24, 2.45) is 0 Å². The number of fused-ring (bicyclic) bond motifs is 1. The smallest absolute Gasteiger partial charge is 0.263 e. The first-order valence-corrected chi connectivity index (χ1v) is 10.2. The number of carbonyl (C=O) groups excluding carboxylic acids is 1. The fourth-order valence-corrected chi connectivity index (χ4v) is 4.20.